The lowest BCUT2D eigenvalue weighted by Crippen LogP contribution is -2.62. The van der Waals surface area contributed by atoms with Gasteiger partial charge in [-0.2, -0.15) is 0 Å². The molecule has 0 aromatic rings. The van der Waals surface area contributed by atoms with Crippen LogP contribution in [0.2, 0.25) is 0 Å². The van der Waals surface area contributed by atoms with Crippen LogP contribution < -0.4 is 5.32 Å². The Bertz CT molecular complexity index is 342. The van der Waals surface area contributed by atoms with E-state index in [1.54, 1.807) is 0 Å². The number of piperazine rings is 1. The molecule has 1 unspecified atom stereocenters. The van der Waals surface area contributed by atoms with E-state index in [4.69, 9.17) is 0 Å². The summed E-state index contributed by atoms with van der Waals surface area (Å²) < 4.78 is 0. The normalized spacial score (nSPS) is 27.1. The molecule has 2 rings (SSSR count). The van der Waals surface area contributed by atoms with Crippen molar-refractivity contribution in [1.82, 2.24) is 10.2 Å². The molecule has 4 heteroatoms. The molecule has 4 nitrogen and oxygen atoms in total. The number of nitrogens with zero attached hydrogens (tertiary/aromatic N) is 1. The van der Waals surface area contributed by atoms with Crippen molar-refractivity contribution in [1.29, 1.82) is 0 Å². The molecule has 1 heterocycles. The second kappa shape index (κ2) is 4.90. The Hall–Kier alpha value is -1.06. The molecule has 1 aliphatic carbocycles. The number of hydrogen-bond donors (Lipinski definition) is 1. The molecule has 1 N–H and O–H groups in total. The maximum absolute atomic E-state index is 12.1. The van der Waals surface area contributed by atoms with Crippen LogP contribution in [0.4, 0.5) is 0 Å². The van der Waals surface area contributed by atoms with E-state index in [2.05, 4.69) is 12.2 Å². The van der Waals surface area contributed by atoms with Crippen LogP contribution in [-0.2, 0) is 9.59 Å². The molecular formula is C14H24N2O2. The molecule has 1 saturated carbocycles. The number of carbonyl (C=O) groups is 2. The number of nitrogens with one attached hydrogen (secondary N) is 1. The molecular weight excluding hydrogens is 228 g/mol. The third-order valence-electron chi connectivity index (χ3n) is 4.64. The van der Waals surface area contributed by atoms with Crippen molar-refractivity contribution in [2.24, 2.45) is 11.3 Å². The van der Waals surface area contributed by atoms with Crippen LogP contribution in [-0.4, -0.2) is 35.8 Å². The molecule has 102 valence electrons. The minimum absolute atomic E-state index is 0.00942. The average Bonchev–Trinajstić information content (AvgIpc) is 2.27. The molecule has 0 bridgehead atoms. The van der Waals surface area contributed by atoms with Gasteiger partial charge in [-0.25, -0.2) is 0 Å². The lowest BCUT2D eigenvalue weighted by atomic mass is 9.66. The molecule has 1 atom stereocenters. The quantitative estimate of drug-likeness (QED) is 0.825. The Morgan fingerprint density at radius 1 is 1.39 bits per heavy atom. The highest BCUT2D eigenvalue weighted by Gasteiger charge is 2.43. The van der Waals surface area contributed by atoms with Crippen LogP contribution in [0.25, 0.3) is 0 Å². The molecule has 2 fully saturated rings. The Balaban J connectivity index is 2.15. The first-order valence-corrected chi connectivity index (χ1v) is 7.06. The van der Waals surface area contributed by atoms with Crippen molar-refractivity contribution in [2.75, 3.05) is 13.1 Å². The molecule has 18 heavy (non-hydrogen) atoms. The van der Waals surface area contributed by atoms with Gasteiger partial charge in [0.05, 0.1) is 6.54 Å². The van der Waals surface area contributed by atoms with E-state index < -0.39 is 0 Å². The predicted molar refractivity (Wildman–Crippen MR) is 69.9 cm³/mol. The SMILES string of the molecule is CCC1(CN2C(=O)CNC(=O)C2C(C)C)CCC1. The summed E-state index contributed by atoms with van der Waals surface area (Å²) in [6.45, 7) is 7.14. The fraction of sp³-hybridized carbons (Fsp3) is 0.857. The third kappa shape index (κ3) is 2.25. The standard InChI is InChI=1S/C14H24N2O2/c1-4-14(6-5-7-14)9-16-11(17)8-15-13(18)12(16)10(2)3/h10,12H,4-9H2,1-3H3,(H,15,18). The smallest absolute Gasteiger partial charge is 0.243 e. The number of rotatable bonds is 4. The fourth-order valence-corrected chi connectivity index (χ4v) is 3.18. The van der Waals surface area contributed by atoms with Crippen molar-refractivity contribution in [2.45, 2.75) is 52.5 Å². The van der Waals surface area contributed by atoms with Crippen molar-refractivity contribution in [3.63, 3.8) is 0 Å². The Kier molecular flexibility index (Phi) is 3.64. The van der Waals surface area contributed by atoms with Crippen LogP contribution in [0.15, 0.2) is 0 Å². The second-order valence-electron chi connectivity index (χ2n) is 6.14. The van der Waals surface area contributed by atoms with Gasteiger partial charge in [0, 0.05) is 6.54 Å². The van der Waals surface area contributed by atoms with E-state index in [9.17, 15) is 9.59 Å². The Morgan fingerprint density at radius 2 is 2.06 bits per heavy atom. The Labute approximate surface area is 109 Å². The molecule has 2 amide bonds. The van der Waals surface area contributed by atoms with E-state index in [1.807, 2.05) is 18.7 Å². The van der Waals surface area contributed by atoms with Gasteiger partial charge in [0.2, 0.25) is 11.8 Å². The van der Waals surface area contributed by atoms with E-state index in [0.717, 1.165) is 13.0 Å². The summed E-state index contributed by atoms with van der Waals surface area (Å²) in [5.41, 5.74) is 0.278. The lowest BCUT2D eigenvalue weighted by Gasteiger charge is -2.48. The van der Waals surface area contributed by atoms with Crippen LogP contribution in [0.3, 0.4) is 0 Å². The van der Waals surface area contributed by atoms with Gasteiger partial charge in [-0.05, 0) is 30.6 Å². The molecule has 1 saturated heterocycles. The summed E-state index contributed by atoms with van der Waals surface area (Å²) in [7, 11) is 0. The van der Waals surface area contributed by atoms with Gasteiger partial charge in [-0.1, -0.05) is 27.2 Å². The average molecular weight is 252 g/mol. The summed E-state index contributed by atoms with van der Waals surface area (Å²) in [5, 5.41) is 2.70. The lowest BCUT2D eigenvalue weighted by molar-refractivity contribution is -0.150. The van der Waals surface area contributed by atoms with Crippen molar-refractivity contribution < 1.29 is 9.59 Å². The largest absolute Gasteiger partial charge is 0.345 e. The van der Waals surface area contributed by atoms with Gasteiger partial charge in [-0.15, -0.1) is 0 Å². The van der Waals surface area contributed by atoms with Crippen molar-refractivity contribution in [3.8, 4) is 0 Å². The van der Waals surface area contributed by atoms with E-state index >= 15 is 0 Å². The van der Waals surface area contributed by atoms with Gasteiger partial charge in [0.1, 0.15) is 6.04 Å². The van der Waals surface area contributed by atoms with Gasteiger partial charge in [0.15, 0.2) is 0 Å². The molecule has 0 aromatic carbocycles. The summed E-state index contributed by atoms with van der Waals surface area (Å²) in [6, 6.07) is -0.282. The highest BCUT2D eigenvalue weighted by Crippen LogP contribution is 2.45. The topological polar surface area (TPSA) is 49.4 Å². The monoisotopic (exact) mass is 252 g/mol. The number of carbonyl (C=O) groups excluding carboxylic acids is 2. The van der Waals surface area contributed by atoms with Gasteiger partial charge < -0.3 is 10.2 Å². The van der Waals surface area contributed by atoms with Crippen LogP contribution in [0.1, 0.15) is 46.5 Å². The zero-order valence-corrected chi connectivity index (χ0v) is 11.7. The minimum Gasteiger partial charge on any atom is -0.345 e. The molecule has 0 aromatic heterocycles. The zero-order chi connectivity index (χ0) is 13.3. The van der Waals surface area contributed by atoms with E-state index in [1.165, 1.54) is 19.3 Å². The first-order valence-electron chi connectivity index (χ1n) is 7.06. The summed E-state index contributed by atoms with van der Waals surface area (Å²) in [4.78, 5) is 25.9. The molecule has 2 aliphatic rings. The van der Waals surface area contributed by atoms with Crippen LogP contribution >= 0.6 is 0 Å². The van der Waals surface area contributed by atoms with Crippen molar-refractivity contribution in [3.05, 3.63) is 0 Å². The third-order valence-corrected chi connectivity index (χ3v) is 4.64. The highest BCUT2D eigenvalue weighted by molar-refractivity contribution is 5.95. The first-order chi connectivity index (χ1) is 8.49. The Morgan fingerprint density at radius 3 is 2.50 bits per heavy atom. The van der Waals surface area contributed by atoms with Gasteiger partial charge in [-0.3, -0.25) is 9.59 Å². The number of hydrogen-bond acceptors (Lipinski definition) is 2. The van der Waals surface area contributed by atoms with Crippen LogP contribution in [0.5, 0.6) is 0 Å². The maximum Gasteiger partial charge on any atom is 0.243 e. The maximum atomic E-state index is 12.1. The first kappa shape index (κ1) is 13.4. The number of amides is 2. The molecule has 0 spiro atoms. The molecule has 0 radical (unpaired) electrons. The van der Waals surface area contributed by atoms with Gasteiger partial charge in [0.25, 0.3) is 0 Å². The van der Waals surface area contributed by atoms with Gasteiger partial charge >= 0.3 is 0 Å². The van der Waals surface area contributed by atoms with E-state index in [-0.39, 0.29) is 35.7 Å². The summed E-state index contributed by atoms with van der Waals surface area (Å²) in [5.74, 6) is 0.256. The van der Waals surface area contributed by atoms with E-state index in [0.29, 0.717) is 0 Å². The minimum atomic E-state index is -0.282. The van der Waals surface area contributed by atoms with Crippen molar-refractivity contribution >= 4 is 11.8 Å². The summed E-state index contributed by atoms with van der Waals surface area (Å²) >= 11 is 0. The zero-order valence-electron chi connectivity index (χ0n) is 11.7. The highest BCUT2D eigenvalue weighted by atomic mass is 16.2. The summed E-state index contributed by atoms with van der Waals surface area (Å²) in [6.07, 6.45) is 4.75. The van der Waals surface area contributed by atoms with Crippen LogP contribution in [0, 0.1) is 11.3 Å². The predicted octanol–water partition coefficient (Wildman–Crippen LogP) is 1.55. The fourth-order valence-electron chi connectivity index (χ4n) is 3.18. The second-order valence-corrected chi connectivity index (χ2v) is 6.14. The molecule has 1 aliphatic heterocycles.